The van der Waals surface area contributed by atoms with Gasteiger partial charge in [0.2, 0.25) is 10.0 Å². The number of fused-ring (bicyclic) bond motifs is 2. The van der Waals surface area contributed by atoms with Gasteiger partial charge in [0, 0.05) is 46.3 Å². The van der Waals surface area contributed by atoms with Gasteiger partial charge in [-0.2, -0.15) is 20.2 Å². The third-order valence-electron chi connectivity index (χ3n) is 7.79. The SMILES string of the molecule is N.NS(=O)(=O)c1ccc(Cl)c(-c2[nH]nc3nc(Oc4ccc(F)cc4F)ncc23)c1.O=S(=O)(Cl)c1ccc(Cl)c(-c2[nH]nc3nc(Oc4ccc(F)cc4F)ncc23)c1. The molecule has 0 unspecified atom stereocenters. The number of benzene rings is 4. The van der Waals surface area contributed by atoms with Crippen molar-refractivity contribution in [3.05, 3.63) is 119 Å². The predicted octanol–water partition coefficient (Wildman–Crippen LogP) is 8.22. The van der Waals surface area contributed by atoms with Crippen LogP contribution >= 0.6 is 33.9 Å². The average Bonchev–Trinajstić information content (AvgIpc) is 3.77. The number of hydrogen-bond acceptors (Lipinski definition) is 13. The Bertz CT molecular complexity index is 2930. The highest BCUT2D eigenvalue weighted by molar-refractivity contribution is 8.13. The maximum Gasteiger partial charge on any atom is 0.324 e. The number of nitrogens with one attached hydrogen (secondary N) is 2. The Morgan fingerprint density at radius 1 is 0.610 bits per heavy atom. The van der Waals surface area contributed by atoms with Crippen molar-refractivity contribution >= 4 is 75.0 Å². The molecule has 4 aromatic heterocycles. The summed E-state index contributed by atoms with van der Waals surface area (Å²) < 4.78 is 110. The Labute approximate surface area is 343 Å². The van der Waals surface area contributed by atoms with Crippen LogP contribution < -0.4 is 20.8 Å². The smallest absolute Gasteiger partial charge is 0.324 e. The number of aromatic amines is 2. The number of aromatic nitrogens is 8. The van der Waals surface area contributed by atoms with E-state index in [0.29, 0.717) is 45.4 Å². The molecule has 0 amide bonds. The minimum absolute atomic E-state index is 0. The van der Waals surface area contributed by atoms with Gasteiger partial charge in [-0.3, -0.25) is 10.2 Å². The van der Waals surface area contributed by atoms with Gasteiger partial charge in [0.1, 0.15) is 11.6 Å². The Kier molecular flexibility index (Phi) is 12.0. The fourth-order valence-corrected chi connectivity index (χ4v) is 6.86. The number of hydrogen-bond donors (Lipinski definition) is 4. The molecule has 0 aliphatic rings. The monoisotopic (exact) mass is 910 g/mol. The Balaban J connectivity index is 0.000000195. The van der Waals surface area contributed by atoms with Gasteiger partial charge in [-0.25, -0.2) is 49.5 Å². The summed E-state index contributed by atoms with van der Waals surface area (Å²) in [5.41, 5.74) is 1.66. The summed E-state index contributed by atoms with van der Waals surface area (Å²) >= 11 is 12.4. The predicted molar refractivity (Wildman–Crippen MR) is 207 cm³/mol. The largest absolute Gasteiger partial charge is 0.421 e. The number of nitrogens with two attached hydrogens (primary N) is 1. The molecule has 59 heavy (non-hydrogen) atoms. The molecule has 0 aliphatic heterocycles. The van der Waals surface area contributed by atoms with Crippen molar-refractivity contribution in [3.63, 3.8) is 0 Å². The third-order valence-corrected chi connectivity index (χ3v) is 10.7. The van der Waals surface area contributed by atoms with Crippen LogP contribution in [0.2, 0.25) is 10.0 Å². The van der Waals surface area contributed by atoms with Crippen molar-refractivity contribution in [1.29, 1.82) is 0 Å². The highest BCUT2D eigenvalue weighted by Crippen LogP contribution is 2.36. The molecule has 0 spiro atoms. The second-order valence-electron chi connectivity index (χ2n) is 11.6. The van der Waals surface area contributed by atoms with E-state index in [1.807, 2.05) is 0 Å². The number of sulfonamides is 1. The van der Waals surface area contributed by atoms with E-state index in [-0.39, 0.29) is 60.8 Å². The molecule has 16 nitrogen and oxygen atoms in total. The van der Waals surface area contributed by atoms with Crippen molar-refractivity contribution in [2.75, 3.05) is 0 Å². The first-order valence-corrected chi connectivity index (χ1v) is 20.3. The lowest BCUT2D eigenvalue weighted by Crippen LogP contribution is -2.12. The van der Waals surface area contributed by atoms with Gasteiger partial charge < -0.3 is 15.6 Å². The fourth-order valence-electron chi connectivity index (χ4n) is 5.12. The summed E-state index contributed by atoms with van der Waals surface area (Å²) in [4.78, 5) is 15.8. The second-order valence-corrected chi connectivity index (χ2v) is 16.5. The average molecular weight is 912 g/mol. The van der Waals surface area contributed by atoms with Crippen molar-refractivity contribution in [1.82, 2.24) is 46.5 Å². The summed E-state index contributed by atoms with van der Waals surface area (Å²) in [6.45, 7) is 0. The molecule has 0 radical (unpaired) electrons. The summed E-state index contributed by atoms with van der Waals surface area (Å²) in [7, 11) is -2.52. The van der Waals surface area contributed by atoms with E-state index in [1.165, 1.54) is 48.8 Å². The van der Waals surface area contributed by atoms with Gasteiger partial charge in [-0.05, 0) is 60.7 Å². The topological polar surface area (TPSA) is 257 Å². The van der Waals surface area contributed by atoms with Gasteiger partial charge in [-0.1, -0.05) is 23.2 Å². The van der Waals surface area contributed by atoms with Gasteiger partial charge in [0.15, 0.2) is 34.4 Å². The Hall–Kier alpha value is -6.01. The molecular weight excluding hydrogens is 891 g/mol. The molecule has 0 bridgehead atoms. The van der Waals surface area contributed by atoms with Crippen LogP contribution in [0.1, 0.15) is 0 Å². The van der Waals surface area contributed by atoms with E-state index >= 15 is 0 Å². The van der Waals surface area contributed by atoms with Gasteiger partial charge in [0.05, 0.1) is 42.0 Å². The molecule has 7 N–H and O–H groups in total. The van der Waals surface area contributed by atoms with Crippen LogP contribution in [0, 0.1) is 23.3 Å². The maximum atomic E-state index is 13.7. The standard InChI is InChI=1S/C17H8Cl2F2N4O3S.C17H10ClF2N5O3S.H3N/c18-12-3-2-9(29(19,26)27)6-10(12)15-11-7-22-17(23-16(11)25-24-15)28-14-4-1-8(20)5-13(14)21;18-12-3-2-9(29(21,26)27)6-10(12)15-11-7-22-17(23-16(11)25-24-15)28-14-4-1-8(19)5-13(14)20;/h1-7H,(H,22,23,24,25);1-7H,(H2,21,26,27)(H,22,23,24,25);1H3. The number of rotatable bonds is 8. The summed E-state index contributed by atoms with van der Waals surface area (Å²) in [6.07, 6.45) is 2.69. The van der Waals surface area contributed by atoms with Crippen LogP contribution in [-0.4, -0.2) is 57.2 Å². The van der Waals surface area contributed by atoms with E-state index < -0.39 is 42.3 Å². The summed E-state index contributed by atoms with van der Waals surface area (Å²) in [5.74, 6) is -3.84. The first-order chi connectivity index (χ1) is 27.4. The van der Waals surface area contributed by atoms with E-state index in [9.17, 15) is 34.4 Å². The van der Waals surface area contributed by atoms with E-state index in [4.69, 9.17) is 48.5 Å². The molecular formula is C34H21Cl3F4N10O6S2. The van der Waals surface area contributed by atoms with Crippen LogP contribution in [0.4, 0.5) is 17.6 Å². The zero-order chi connectivity index (χ0) is 41.5. The van der Waals surface area contributed by atoms with Gasteiger partial charge in [-0.15, -0.1) is 0 Å². The first-order valence-electron chi connectivity index (χ1n) is 15.7. The van der Waals surface area contributed by atoms with Crippen LogP contribution in [0.3, 0.4) is 0 Å². The molecule has 0 saturated heterocycles. The van der Waals surface area contributed by atoms with Gasteiger partial charge >= 0.3 is 12.0 Å². The summed E-state index contributed by atoms with van der Waals surface area (Å²) in [6, 6.07) is 13.1. The molecule has 0 fully saturated rings. The molecule has 304 valence electrons. The molecule has 25 heteroatoms. The number of nitrogens with zero attached hydrogens (tertiary/aromatic N) is 6. The maximum absolute atomic E-state index is 13.7. The molecule has 4 aromatic carbocycles. The van der Waals surface area contributed by atoms with Crippen molar-refractivity contribution in [2.24, 2.45) is 5.14 Å². The van der Waals surface area contributed by atoms with Crippen LogP contribution in [0.25, 0.3) is 44.6 Å². The minimum Gasteiger partial charge on any atom is -0.421 e. The van der Waals surface area contributed by atoms with Crippen LogP contribution in [-0.2, 0) is 19.1 Å². The normalized spacial score (nSPS) is 11.5. The second kappa shape index (κ2) is 16.7. The number of primary sulfonamides is 1. The van der Waals surface area contributed by atoms with Crippen molar-refractivity contribution < 1.29 is 43.9 Å². The lowest BCUT2D eigenvalue weighted by Gasteiger charge is -2.06. The highest BCUT2D eigenvalue weighted by Gasteiger charge is 2.20. The molecule has 0 saturated carbocycles. The summed E-state index contributed by atoms with van der Waals surface area (Å²) in [5, 5.41) is 19.9. The number of H-pyrrole nitrogens is 2. The quantitative estimate of drug-likeness (QED) is 0.0829. The van der Waals surface area contributed by atoms with E-state index in [0.717, 1.165) is 24.3 Å². The van der Waals surface area contributed by atoms with Crippen LogP contribution in [0.5, 0.6) is 23.5 Å². The zero-order valence-electron chi connectivity index (χ0n) is 29.0. The van der Waals surface area contributed by atoms with E-state index in [1.54, 1.807) is 0 Å². The fraction of sp³-hybridized carbons (Fsp3) is 0. The van der Waals surface area contributed by atoms with E-state index in [2.05, 4.69) is 40.3 Å². The zero-order valence-corrected chi connectivity index (χ0v) is 32.9. The Morgan fingerprint density at radius 2 is 1.03 bits per heavy atom. The first kappa shape index (κ1) is 42.6. The van der Waals surface area contributed by atoms with Crippen molar-refractivity contribution in [2.45, 2.75) is 9.79 Å². The highest BCUT2D eigenvalue weighted by atomic mass is 35.7. The van der Waals surface area contributed by atoms with Crippen molar-refractivity contribution in [3.8, 4) is 46.0 Å². The van der Waals surface area contributed by atoms with Gasteiger partial charge in [0.25, 0.3) is 9.05 Å². The molecule has 0 atom stereocenters. The number of halogens is 7. The Morgan fingerprint density at radius 3 is 1.44 bits per heavy atom. The van der Waals surface area contributed by atoms with Crippen LogP contribution in [0.15, 0.2) is 95.0 Å². The number of ether oxygens (including phenoxy) is 2. The lowest BCUT2D eigenvalue weighted by atomic mass is 10.1. The third kappa shape index (κ3) is 9.33. The molecule has 4 heterocycles. The molecule has 0 aliphatic carbocycles. The lowest BCUT2D eigenvalue weighted by molar-refractivity contribution is 0.409. The minimum atomic E-state index is -3.97. The molecule has 8 rings (SSSR count). The molecule has 8 aromatic rings.